The van der Waals surface area contributed by atoms with E-state index in [-0.39, 0.29) is 11.8 Å². The lowest BCUT2D eigenvalue weighted by Gasteiger charge is -2.19. The van der Waals surface area contributed by atoms with E-state index in [4.69, 9.17) is 5.73 Å². The van der Waals surface area contributed by atoms with Gasteiger partial charge in [0.05, 0.1) is 5.92 Å². The second kappa shape index (κ2) is 5.86. The van der Waals surface area contributed by atoms with Crippen LogP contribution in [0, 0.1) is 12.8 Å². The van der Waals surface area contributed by atoms with Crippen molar-refractivity contribution in [2.45, 2.75) is 26.7 Å². The SMILES string of the molecule is CCCNc1ncc(C)c(N2CCC(C(N)=O)C2)n1. The van der Waals surface area contributed by atoms with Gasteiger partial charge in [0.15, 0.2) is 0 Å². The van der Waals surface area contributed by atoms with Crippen molar-refractivity contribution in [1.29, 1.82) is 0 Å². The van der Waals surface area contributed by atoms with Crippen molar-refractivity contribution in [2.75, 3.05) is 29.9 Å². The lowest BCUT2D eigenvalue weighted by molar-refractivity contribution is -0.121. The van der Waals surface area contributed by atoms with Gasteiger partial charge in [-0.25, -0.2) is 4.98 Å². The van der Waals surface area contributed by atoms with Gasteiger partial charge in [0, 0.05) is 31.4 Å². The zero-order valence-electron chi connectivity index (χ0n) is 11.5. The van der Waals surface area contributed by atoms with E-state index >= 15 is 0 Å². The van der Waals surface area contributed by atoms with Crippen LogP contribution in [0.25, 0.3) is 0 Å². The summed E-state index contributed by atoms with van der Waals surface area (Å²) in [6.45, 7) is 6.40. The number of amides is 1. The molecule has 1 saturated heterocycles. The zero-order valence-corrected chi connectivity index (χ0v) is 11.5. The highest BCUT2D eigenvalue weighted by Gasteiger charge is 2.28. The number of nitrogens with one attached hydrogen (secondary N) is 1. The molecular formula is C13H21N5O. The van der Waals surface area contributed by atoms with E-state index in [9.17, 15) is 4.79 Å². The molecule has 0 saturated carbocycles. The van der Waals surface area contributed by atoms with Crippen LogP contribution >= 0.6 is 0 Å². The van der Waals surface area contributed by atoms with Gasteiger partial charge in [-0.15, -0.1) is 0 Å². The molecule has 1 aromatic rings. The topological polar surface area (TPSA) is 84.1 Å². The zero-order chi connectivity index (χ0) is 13.8. The molecule has 1 aromatic heterocycles. The molecule has 6 heteroatoms. The highest BCUT2D eigenvalue weighted by atomic mass is 16.1. The summed E-state index contributed by atoms with van der Waals surface area (Å²) in [5.74, 6) is 1.25. The maximum atomic E-state index is 11.2. The molecule has 1 aliphatic rings. The van der Waals surface area contributed by atoms with Crippen LogP contribution in [0.3, 0.4) is 0 Å². The largest absolute Gasteiger partial charge is 0.369 e. The summed E-state index contributed by atoms with van der Waals surface area (Å²) in [7, 11) is 0. The second-order valence-corrected chi connectivity index (χ2v) is 4.96. The minimum absolute atomic E-state index is 0.0681. The molecule has 0 aliphatic carbocycles. The van der Waals surface area contributed by atoms with E-state index in [1.165, 1.54) is 0 Å². The first-order valence-electron chi connectivity index (χ1n) is 6.73. The van der Waals surface area contributed by atoms with Crippen LogP contribution < -0.4 is 16.0 Å². The first-order valence-corrected chi connectivity index (χ1v) is 6.73. The van der Waals surface area contributed by atoms with Gasteiger partial charge in [-0.2, -0.15) is 4.98 Å². The molecule has 0 aromatic carbocycles. The maximum Gasteiger partial charge on any atom is 0.224 e. The first kappa shape index (κ1) is 13.6. The van der Waals surface area contributed by atoms with Gasteiger partial charge in [-0.3, -0.25) is 4.79 Å². The fourth-order valence-corrected chi connectivity index (χ4v) is 2.26. The van der Waals surface area contributed by atoms with Crippen LogP contribution in [0.4, 0.5) is 11.8 Å². The molecule has 0 bridgehead atoms. The number of hydrogen-bond acceptors (Lipinski definition) is 5. The van der Waals surface area contributed by atoms with E-state index in [1.54, 1.807) is 0 Å². The van der Waals surface area contributed by atoms with Crippen molar-refractivity contribution in [3.63, 3.8) is 0 Å². The lowest BCUT2D eigenvalue weighted by Crippen LogP contribution is -2.28. The smallest absolute Gasteiger partial charge is 0.224 e. The van der Waals surface area contributed by atoms with Crippen LogP contribution in [0.2, 0.25) is 0 Å². The molecule has 19 heavy (non-hydrogen) atoms. The average Bonchev–Trinajstić information content (AvgIpc) is 2.87. The minimum Gasteiger partial charge on any atom is -0.369 e. The minimum atomic E-state index is -0.224. The number of anilines is 2. The maximum absolute atomic E-state index is 11.2. The molecular weight excluding hydrogens is 242 g/mol. The fraction of sp³-hybridized carbons (Fsp3) is 0.615. The summed E-state index contributed by atoms with van der Waals surface area (Å²) >= 11 is 0. The normalized spacial score (nSPS) is 18.6. The molecule has 0 spiro atoms. The van der Waals surface area contributed by atoms with Crippen molar-refractivity contribution in [3.8, 4) is 0 Å². The van der Waals surface area contributed by atoms with Crippen LogP contribution in [-0.4, -0.2) is 35.5 Å². The molecule has 2 heterocycles. The third-order valence-corrected chi connectivity index (χ3v) is 3.37. The third-order valence-electron chi connectivity index (χ3n) is 3.37. The number of nitrogens with two attached hydrogens (primary N) is 1. The highest BCUT2D eigenvalue weighted by molar-refractivity contribution is 5.78. The van der Waals surface area contributed by atoms with Gasteiger partial charge in [0.2, 0.25) is 11.9 Å². The number of carbonyl (C=O) groups excluding carboxylic acids is 1. The van der Waals surface area contributed by atoms with Crippen molar-refractivity contribution in [3.05, 3.63) is 11.8 Å². The summed E-state index contributed by atoms with van der Waals surface area (Å²) in [6, 6.07) is 0. The Hall–Kier alpha value is -1.85. The van der Waals surface area contributed by atoms with E-state index in [1.807, 2.05) is 13.1 Å². The molecule has 1 aliphatic heterocycles. The summed E-state index contributed by atoms with van der Waals surface area (Å²) in [4.78, 5) is 22.1. The van der Waals surface area contributed by atoms with Crippen molar-refractivity contribution < 1.29 is 4.79 Å². The summed E-state index contributed by atoms with van der Waals surface area (Å²) in [5, 5.41) is 3.18. The first-order chi connectivity index (χ1) is 9.11. The van der Waals surface area contributed by atoms with Gasteiger partial charge in [-0.05, 0) is 19.8 Å². The molecule has 0 radical (unpaired) electrons. The number of hydrogen-bond donors (Lipinski definition) is 2. The van der Waals surface area contributed by atoms with Crippen molar-refractivity contribution in [2.24, 2.45) is 11.7 Å². The Labute approximate surface area is 113 Å². The summed E-state index contributed by atoms with van der Waals surface area (Å²) in [6.07, 6.45) is 3.65. The Morgan fingerprint density at radius 1 is 1.63 bits per heavy atom. The highest BCUT2D eigenvalue weighted by Crippen LogP contribution is 2.25. The lowest BCUT2D eigenvalue weighted by atomic mass is 10.1. The monoisotopic (exact) mass is 263 g/mol. The standard InChI is InChI=1S/C13H21N5O/c1-3-5-15-13-16-7-9(2)12(17-13)18-6-4-10(8-18)11(14)19/h7,10H,3-6,8H2,1-2H3,(H2,14,19)(H,15,16,17). The quantitative estimate of drug-likeness (QED) is 0.825. The Morgan fingerprint density at radius 2 is 2.42 bits per heavy atom. The molecule has 104 valence electrons. The average molecular weight is 263 g/mol. The number of nitrogens with zero attached hydrogens (tertiary/aromatic N) is 3. The van der Waals surface area contributed by atoms with Crippen LogP contribution in [0.1, 0.15) is 25.3 Å². The Kier molecular flexibility index (Phi) is 4.19. The van der Waals surface area contributed by atoms with E-state index in [0.717, 1.165) is 37.3 Å². The predicted molar refractivity (Wildman–Crippen MR) is 75.1 cm³/mol. The molecule has 1 unspecified atom stereocenters. The molecule has 1 atom stereocenters. The third kappa shape index (κ3) is 3.13. The van der Waals surface area contributed by atoms with E-state index < -0.39 is 0 Å². The predicted octanol–water partition coefficient (Wildman–Crippen LogP) is 0.919. The Bertz CT molecular complexity index is 462. The molecule has 3 N–H and O–H groups in total. The summed E-state index contributed by atoms with van der Waals surface area (Å²) < 4.78 is 0. The number of primary amides is 1. The van der Waals surface area contributed by atoms with Gasteiger partial charge in [0.1, 0.15) is 5.82 Å². The van der Waals surface area contributed by atoms with Crippen LogP contribution in [-0.2, 0) is 4.79 Å². The second-order valence-electron chi connectivity index (χ2n) is 4.96. The molecule has 1 amide bonds. The van der Waals surface area contributed by atoms with Crippen LogP contribution in [0.5, 0.6) is 0 Å². The van der Waals surface area contributed by atoms with E-state index in [2.05, 4.69) is 27.1 Å². The fourth-order valence-electron chi connectivity index (χ4n) is 2.26. The Morgan fingerprint density at radius 3 is 3.05 bits per heavy atom. The van der Waals surface area contributed by atoms with E-state index in [0.29, 0.717) is 12.5 Å². The number of carbonyl (C=O) groups is 1. The van der Waals surface area contributed by atoms with Gasteiger partial charge in [0.25, 0.3) is 0 Å². The molecule has 1 fully saturated rings. The number of aryl methyl sites for hydroxylation is 1. The van der Waals surface area contributed by atoms with Crippen molar-refractivity contribution >= 4 is 17.7 Å². The van der Waals surface area contributed by atoms with Crippen molar-refractivity contribution in [1.82, 2.24) is 9.97 Å². The number of aromatic nitrogens is 2. The van der Waals surface area contributed by atoms with Gasteiger partial charge < -0.3 is 16.0 Å². The van der Waals surface area contributed by atoms with Gasteiger partial charge >= 0.3 is 0 Å². The van der Waals surface area contributed by atoms with Crippen LogP contribution in [0.15, 0.2) is 6.20 Å². The number of rotatable bonds is 5. The molecule has 6 nitrogen and oxygen atoms in total. The summed E-state index contributed by atoms with van der Waals surface area (Å²) in [5.41, 5.74) is 6.38. The van der Waals surface area contributed by atoms with Gasteiger partial charge in [-0.1, -0.05) is 6.92 Å². The molecule has 2 rings (SSSR count). The Balaban J connectivity index is 2.13.